The molecular formula is C20H25NO2. The van der Waals surface area contributed by atoms with E-state index in [2.05, 4.69) is 37.4 Å². The normalized spacial score (nSPS) is 11.8. The first-order valence-corrected chi connectivity index (χ1v) is 7.99. The Kier molecular flexibility index (Phi) is 5.80. The molecule has 2 aromatic rings. The van der Waals surface area contributed by atoms with Crippen molar-refractivity contribution in [3.8, 4) is 5.75 Å². The summed E-state index contributed by atoms with van der Waals surface area (Å²) in [6, 6.07) is 14.1. The second kappa shape index (κ2) is 7.82. The summed E-state index contributed by atoms with van der Waals surface area (Å²) < 4.78 is 5.15. The van der Waals surface area contributed by atoms with Crippen molar-refractivity contribution in [2.75, 3.05) is 7.11 Å². The molecule has 0 aliphatic carbocycles. The molecule has 1 atom stereocenters. The number of rotatable bonds is 6. The fourth-order valence-corrected chi connectivity index (χ4v) is 2.51. The number of nitrogens with one attached hydrogen (secondary N) is 1. The molecule has 0 heterocycles. The maximum atomic E-state index is 12.1. The molecule has 2 aromatic carbocycles. The third-order valence-electron chi connectivity index (χ3n) is 4.21. The van der Waals surface area contributed by atoms with E-state index in [4.69, 9.17) is 4.74 Å². The molecule has 23 heavy (non-hydrogen) atoms. The number of methoxy groups -OCH3 is 1. The van der Waals surface area contributed by atoms with Gasteiger partial charge in [0.2, 0.25) is 5.91 Å². The van der Waals surface area contributed by atoms with Gasteiger partial charge in [-0.05, 0) is 61.6 Å². The third-order valence-corrected chi connectivity index (χ3v) is 4.21. The molecular weight excluding hydrogens is 286 g/mol. The van der Waals surface area contributed by atoms with E-state index in [0.29, 0.717) is 6.42 Å². The minimum Gasteiger partial charge on any atom is -0.497 e. The topological polar surface area (TPSA) is 38.3 Å². The van der Waals surface area contributed by atoms with Crippen LogP contribution in [0.15, 0.2) is 42.5 Å². The zero-order chi connectivity index (χ0) is 16.8. The van der Waals surface area contributed by atoms with Crippen LogP contribution in [-0.2, 0) is 11.2 Å². The number of hydrogen-bond donors (Lipinski definition) is 1. The predicted molar refractivity (Wildman–Crippen MR) is 93.8 cm³/mol. The lowest BCUT2D eigenvalue weighted by molar-refractivity contribution is -0.121. The van der Waals surface area contributed by atoms with E-state index in [1.807, 2.05) is 31.2 Å². The minimum atomic E-state index is -0.00633. The summed E-state index contributed by atoms with van der Waals surface area (Å²) in [6.45, 7) is 6.20. The van der Waals surface area contributed by atoms with Crippen LogP contribution in [0.1, 0.15) is 41.6 Å². The van der Waals surface area contributed by atoms with Crippen molar-refractivity contribution in [2.45, 2.75) is 39.7 Å². The first-order valence-electron chi connectivity index (χ1n) is 7.99. The number of aryl methyl sites for hydroxylation is 3. The van der Waals surface area contributed by atoms with E-state index in [0.717, 1.165) is 17.7 Å². The van der Waals surface area contributed by atoms with Gasteiger partial charge in [-0.25, -0.2) is 0 Å². The molecule has 0 fully saturated rings. The second-order valence-electron chi connectivity index (χ2n) is 5.98. The number of ether oxygens (including phenoxy) is 1. The first kappa shape index (κ1) is 17.1. The summed E-state index contributed by atoms with van der Waals surface area (Å²) in [5.74, 6) is 0.897. The quantitative estimate of drug-likeness (QED) is 0.871. The number of amides is 1. The van der Waals surface area contributed by atoms with Crippen molar-refractivity contribution in [1.29, 1.82) is 0 Å². The minimum absolute atomic E-state index is 0.00633. The fourth-order valence-electron chi connectivity index (χ4n) is 2.51. The molecule has 0 saturated carbocycles. The lowest BCUT2D eigenvalue weighted by atomic mass is 10.0. The van der Waals surface area contributed by atoms with Crippen LogP contribution in [0.25, 0.3) is 0 Å². The van der Waals surface area contributed by atoms with E-state index in [9.17, 15) is 4.79 Å². The average Bonchev–Trinajstić information content (AvgIpc) is 2.56. The molecule has 0 unspecified atom stereocenters. The molecule has 0 aromatic heterocycles. The molecule has 3 heteroatoms. The molecule has 1 amide bonds. The van der Waals surface area contributed by atoms with Crippen molar-refractivity contribution < 1.29 is 9.53 Å². The average molecular weight is 311 g/mol. The predicted octanol–water partition coefficient (Wildman–Crippen LogP) is 4.12. The fraction of sp³-hybridized carbons (Fsp3) is 0.350. The molecule has 3 nitrogen and oxygen atoms in total. The van der Waals surface area contributed by atoms with Crippen LogP contribution in [0.5, 0.6) is 5.75 Å². The van der Waals surface area contributed by atoms with E-state index in [-0.39, 0.29) is 11.9 Å². The largest absolute Gasteiger partial charge is 0.497 e. The van der Waals surface area contributed by atoms with Gasteiger partial charge in [-0.15, -0.1) is 0 Å². The smallest absolute Gasteiger partial charge is 0.220 e. The lowest BCUT2D eigenvalue weighted by Crippen LogP contribution is -2.26. The number of carbonyl (C=O) groups is 1. The van der Waals surface area contributed by atoms with E-state index in [1.165, 1.54) is 16.7 Å². The van der Waals surface area contributed by atoms with Crippen molar-refractivity contribution in [1.82, 2.24) is 5.32 Å². The van der Waals surface area contributed by atoms with Crippen molar-refractivity contribution in [3.05, 3.63) is 64.7 Å². The van der Waals surface area contributed by atoms with Crippen LogP contribution in [0, 0.1) is 13.8 Å². The Morgan fingerprint density at radius 2 is 1.78 bits per heavy atom. The highest BCUT2D eigenvalue weighted by Gasteiger charge is 2.10. The molecule has 0 spiro atoms. The number of benzene rings is 2. The molecule has 122 valence electrons. The summed E-state index contributed by atoms with van der Waals surface area (Å²) in [5, 5.41) is 3.05. The standard InChI is InChI=1S/C20H25NO2/c1-14-5-6-17(13-15(14)2)7-12-20(22)21-16(3)18-8-10-19(23-4)11-9-18/h5-6,8-11,13,16H,7,12H2,1-4H3,(H,21,22)/t16-/m0/s1. The van der Waals surface area contributed by atoms with Gasteiger partial charge in [-0.3, -0.25) is 4.79 Å². The Morgan fingerprint density at radius 1 is 1.09 bits per heavy atom. The Morgan fingerprint density at radius 3 is 2.39 bits per heavy atom. The van der Waals surface area contributed by atoms with Gasteiger partial charge in [0.05, 0.1) is 13.2 Å². The van der Waals surface area contributed by atoms with Crippen LogP contribution in [0.3, 0.4) is 0 Å². The van der Waals surface area contributed by atoms with E-state index in [1.54, 1.807) is 7.11 Å². The zero-order valence-corrected chi connectivity index (χ0v) is 14.3. The van der Waals surface area contributed by atoms with Gasteiger partial charge in [-0.2, -0.15) is 0 Å². The Bertz CT molecular complexity index is 662. The molecule has 2 rings (SSSR count). The Balaban J connectivity index is 1.86. The lowest BCUT2D eigenvalue weighted by Gasteiger charge is -2.15. The number of carbonyl (C=O) groups excluding carboxylic acids is 1. The third kappa shape index (κ3) is 4.85. The van der Waals surface area contributed by atoms with E-state index < -0.39 is 0 Å². The van der Waals surface area contributed by atoms with Crippen LogP contribution in [0.2, 0.25) is 0 Å². The van der Waals surface area contributed by atoms with Gasteiger partial charge < -0.3 is 10.1 Å². The van der Waals surface area contributed by atoms with Gasteiger partial charge in [0, 0.05) is 6.42 Å². The molecule has 0 aliphatic heterocycles. The van der Waals surface area contributed by atoms with Gasteiger partial charge in [0.25, 0.3) is 0 Å². The summed E-state index contributed by atoms with van der Waals surface area (Å²) in [6.07, 6.45) is 1.27. The number of hydrogen-bond acceptors (Lipinski definition) is 2. The molecule has 1 N–H and O–H groups in total. The summed E-state index contributed by atoms with van der Waals surface area (Å²) in [5.41, 5.74) is 4.84. The first-order chi connectivity index (χ1) is 11.0. The van der Waals surface area contributed by atoms with Crippen LogP contribution < -0.4 is 10.1 Å². The van der Waals surface area contributed by atoms with Gasteiger partial charge in [-0.1, -0.05) is 30.3 Å². The molecule has 0 radical (unpaired) electrons. The molecule has 0 aliphatic rings. The Hall–Kier alpha value is -2.29. The highest BCUT2D eigenvalue weighted by Crippen LogP contribution is 2.17. The zero-order valence-electron chi connectivity index (χ0n) is 14.3. The Labute approximate surface area is 138 Å². The highest BCUT2D eigenvalue weighted by atomic mass is 16.5. The SMILES string of the molecule is COc1ccc([C@H](C)NC(=O)CCc2ccc(C)c(C)c2)cc1. The van der Waals surface area contributed by atoms with Crippen molar-refractivity contribution >= 4 is 5.91 Å². The monoisotopic (exact) mass is 311 g/mol. The van der Waals surface area contributed by atoms with Crippen molar-refractivity contribution in [2.24, 2.45) is 0 Å². The van der Waals surface area contributed by atoms with Crippen LogP contribution in [0.4, 0.5) is 0 Å². The second-order valence-corrected chi connectivity index (χ2v) is 5.98. The van der Waals surface area contributed by atoms with Gasteiger partial charge >= 0.3 is 0 Å². The summed E-state index contributed by atoms with van der Waals surface area (Å²) in [7, 11) is 1.65. The van der Waals surface area contributed by atoms with Crippen molar-refractivity contribution in [3.63, 3.8) is 0 Å². The van der Waals surface area contributed by atoms with E-state index >= 15 is 0 Å². The molecule has 0 bridgehead atoms. The maximum absolute atomic E-state index is 12.1. The highest BCUT2D eigenvalue weighted by molar-refractivity contribution is 5.76. The van der Waals surface area contributed by atoms with Gasteiger partial charge in [0.1, 0.15) is 5.75 Å². The summed E-state index contributed by atoms with van der Waals surface area (Å²) in [4.78, 5) is 12.1. The summed E-state index contributed by atoms with van der Waals surface area (Å²) >= 11 is 0. The van der Waals surface area contributed by atoms with Crippen LogP contribution >= 0.6 is 0 Å². The molecule has 0 saturated heterocycles. The van der Waals surface area contributed by atoms with Gasteiger partial charge in [0.15, 0.2) is 0 Å². The maximum Gasteiger partial charge on any atom is 0.220 e. The van der Waals surface area contributed by atoms with Crippen LogP contribution in [-0.4, -0.2) is 13.0 Å².